The number of likely N-dealkylation sites (tertiary alicyclic amines) is 1. The van der Waals surface area contributed by atoms with Crippen molar-refractivity contribution in [1.82, 2.24) is 15.1 Å². The van der Waals surface area contributed by atoms with Crippen molar-refractivity contribution in [3.8, 4) is 11.5 Å². The first kappa shape index (κ1) is 42.3. The molecular formula is C43H64N4O8. The topological polar surface area (TPSA) is 142 Å². The summed E-state index contributed by atoms with van der Waals surface area (Å²) in [5.41, 5.74) is 2.78. The smallest absolute Gasteiger partial charge is 0.317 e. The van der Waals surface area contributed by atoms with E-state index < -0.39 is 11.8 Å². The van der Waals surface area contributed by atoms with E-state index in [1.165, 1.54) is 0 Å². The average molecular weight is 765 g/mol. The number of nitrogens with zero attached hydrogens (tertiary/aromatic N) is 3. The van der Waals surface area contributed by atoms with Crippen molar-refractivity contribution in [2.45, 2.75) is 102 Å². The fraction of sp³-hybridized carbons (Fsp3) is 0.651. The Kier molecular flexibility index (Phi) is 16.0. The standard InChI is InChI=1S/C43H64N4O8/c1-5-21-47(42(51)44-20-14-23-46-22-13-17-39(46)50)38-30-36(45-54-8-4)34-28-31(15-9-11-24-48)33(16-10-12-25-49)40-35-29-32(52-26-6-2)18-19-37(35)55-43(38,41(34)40)53-27-7-3/h6-7,18-19,28-29,31,33,38,40-41,48-49H,2-3,5,8-17,20-27,30H2,1,4H3,(H,44,51). The Labute approximate surface area is 327 Å². The number of aliphatic hydroxyl groups is 2. The second-order valence-corrected chi connectivity index (χ2v) is 15.1. The largest absolute Gasteiger partial charge is 0.490 e. The number of allylic oxidation sites excluding steroid dienone is 1. The van der Waals surface area contributed by atoms with Crippen LogP contribution in [-0.4, -0.2) is 109 Å². The van der Waals surface area contributed by atoms with Gasteiger partial charge in [-0.2, -0.15) is 0 Å². The molecule has 2 aliphatic carbocycles. The second-order valence-electron chi connectivity index (χ2n) is 15.1. The molecule has 3 amide bonds. The normalized spacial score (nSPS) is 26.1. The lowest BCUT2D eigenvalue weighted by atomic mass is 9.55. The summed E-state index contributed by atoms with van der Waals surface area (Å²) in [6.07, 6.45) is 13.8. The van der Waals surface area contributed by atoms with E-state index in [2.05, 4.69) is 37.5 Å². The van der Waals surface area contributed by atoms with Crippen molar-refractivity contribution >= 4 is 17.6 Å². The molecule has 55 heavy (non-hydrogen) atoms. The number of rotatable bonds is 23. The molecule has 2 aliphatic heterocycles. The van der Waals surface area contributed by atoms with Gasteiger partial charge < -0.3 is 44.4 Å². The van der Waals surface area contributed by atoms with E-state index in [1.807, 2.05) is 28.9 Å². The van der Waals surface area contributed by atoms with Gasteiger partial charge in [-0.1, -0.05) is 49.7 Å². The van der Waals surface area contributed by atoms with Crippen LogP contribution in [0.25, 0.3) is 0 Å². The minimum atomic E-state index is -1.31. The number of amides is 3. The van der Waals surface area contributed by atoms with Gasteiger partial charge in [0.1, 0.15) is 30.8 Å². The maximum atomic E-state index is 14.4. The van der Waals surface area contributed by atoms with Crippen molar-refractivity contribution in [2.24, 2.45) is 22.9 Å². The Hall–Kier alpha value is -3.87. The fourth-order valence-electron chi connectivity index (χ4n) is 9.18. The quantitative estimate of drug-likeness (QED) is 0.0667. The molecule has 304 valence electrons. The van der Waals surface area contributed by atoms with Gasteiger partial charge in [-0.25, -0.2) is 4.79 Å². The van der Waals surface area contributed by atoms with Crippen LogP contribution in [0.3, 0.4) is 0 Å². The Morgan fingerprint density at radius 3 is 2.58 bits per heavy atom. The number of carbonyl (C=O) groups is 2. The number of benzene rings is 1. The van der Waals surface area contributed by atoms with Gasteiger partial charge >= 0.3 is 6.03 Å². The van der Waals surface area contributed by atoms with Crippen LogP contribution in [-0.2, 0) is 14.4 Å². The van der Waals surface area contributed by atoms with Crippen LogP contribution in [0.1, 0.15) is 96.0 Å². The predicted octanol–water partition coefficient (Wildman–Crippen LogP) is 6.34. The van der Waals surface area contributed by atoms with Crippen LogP contribution in [0, 0.1) is 17.8 Å². The molecule has 3 N–H and O–H groups in total. The summed E-state index contributed by atoms with van der Waals surface area (Å²) >= 11 is 0. The molecule has 1 aromatic rings. The summed E-state index contributed by atoms with van der Waals surface area (Å²) in [6, 6.07) is 5.13. The van der Waals surface area contributed by atoms with Gasteiger partial charge in [-0.05, 0) is 87.5 Å². The number of urea groups is 1. The molecule has 6 atom stereocenters. The highest BCUT2D eigenvalue weighted by Gasteiger charge is 2.65. The van der Waals surface area contributed by atoms with Gasteiger partial charge in [0.05, 0.1) is 18.2 Å². The lowest BCUT2D eigenvalue weighted by Gasteiger charge is -2.60. The number of oxime groups is 1. The minimum absolute atomic E-state index is 0.116. The third-order valence-corrected chi connectivity index (χ3v) is 11.5. The number of nitrogens with one attached hydrogen (secondary N) is 1. The molecule has 2 heterocycles. The first-order valence-corrected chi connectivity index (χ1v) is 20.6. The van der Waals surface area contributed by atoms with Crippen molar-refractivity contribution < 1.29 is 38.9 Å². The van der Waals surface area contributed by atoms with Crippen molar-refractivity contribution in [3.05, 3.63) is 60.7 Å². The van der Waals surface area contributed by atoms with E-state index in [1.54, 1.807) is 12.2 Å². The van der Waals surface area contributed by atoms with E-state index in [4.69, 9.17) is 24.2 Å². The number of carbonyl (C=O) groups excluding carboxylic acids is 2. The minimum Gasteiger partial charge on any atom is -0.490 e. The molecule has 0 spiro atoms. The lowest BCUT2D eigenvalue weighted by molar-refractivity contribution is -0.254. The number of hydrogen-bond acceptors (Lipinski definition) is 9. The van der Waals surface area contributed by atoms with E-state index in [0.717, 1.165) is 55.5 Å². The third-order valence-electron chi connectivity index (χ3n) is 11.5. The van der Waals surface area contributed by atoms with Gasteiger partial charge in [-0.3, -0.25) is 4.79 Å². The Morgan fingerprint density at radius 2 is 1.89 bits per heavy atom. The van der Waals surface area contributed by atoms with Crippen LogP contribution in [0.15, 0.2) is 60.3 Å². The van der Waals surface area contributed by atoms with Crippen molar-refractivity contribution in [3.63, 3.8) is 0 Å². The van der Waals surface area contributed by atoms with Crippen LogP contribution < -0.4 is 14.8 Å². The monoisotopic (exact) mass is 764 g/mol. The van der Waals surface area contributed by atoms with E-state index in [-0.39, 0.29) is 55.4 Å². The number of fused-ring (bicyclic) bond motifs is 2. The maximum Gasteiger partial charge on any atom is 0.317 e. The zero-order valence-corrected chi connectivity index (χ0v) is 33.1. The summed E-state index contributed by atoms with van der Waals surface area (Å²) in [5.74, 6) is 0.00982. The molecule has 0 aromatic heterocycles. The molecule has 0 bridgehead atoms. The van der Waals surface area contributed by atoms with Gasteiger partial charge in [0.25, 0.3) is 0 Å². The maximum absolute atomic E-state index is 14.4. The molecule has 1 aromatic carbocycles. The molecule has 6 unspecified atom stereocenters. The molecule has 1 saturated heterocycles. The van der Waals surface area contributed by atoms with Gasteiger partial charge in [0.15, 0.2) is 0 Å². The lowest BCUT2D eigenvalue weighted by Crippen LogP contribution is -2.70. The zero-order valence-electron chi connectivity index (χ0n) is 33.1. The predicted molar refractivity (Wildman–Crippen MR) is 213 cm³/mol. The second kappa shape index (κ2) is 20.9. The highest BCUT2D eigenvalue weighted by Crippen LogP contribution is 2.62. The average Bonchev–Trinajstić information content (AvgIpc) is 3.61. The van der Waals surface area contributed by atoms with Gasteiger partial charge in [0.2, 0.25) is 11.7 Å². The molecule has 12 heteroatoms. The molecule has 2 fully saturated rings. The number of unbranched alkanes of at least 4 members (excludes halogenated alkanes) is 2. The Morgan fingerprint density at radius 1 is 1.11 bits per heavy atom. The summed E-state index contributed by atoms with van der Waals surface area (Å²) in [4.78, 5) is 36.2. The number of ether oxygens (including phenoxy) is 3. The van der Waals surface area contributed by atoms with Crippen LogP contribution in [0.5, 0.6) is 11.5 Å². The number of hydrogen-bond donors (Lipinski definition) is 3. The van der Waals surface area contributed by atoms with Crippen LogP contribution in [0.2, 0.25) is 0 Å². The third kappa shape index (κ3) is 9.75. The van der Waals surface area contributed by atoms with Gasteiger partial charge in [0, 0.05) is 63.7 Å². The Bertz CT molecular complexity index is 1520. The van der Waals surface area contributed by atoms with E-state index >= 15 is 0 Å². The SMILES string of the molecule is C=CCOc1ccc2c(c1)C1C(CCCCO)C(CCCCO)C=C3C(=NOCC)CC(N(CCC)C(=O)NCCCN4CCCC4=O)C(OCC=C)(O2)C31. The molecule has 5 rings (SSSR count). The summed E-state index contributed by atoms with van der Waals surface area (Å²) < 4.78 is 20.4. The van der Waals surface area contributed by atoms with Crippen molar-refractivity contribution in [2.75, 3.05) is 59.2 Å². The Balaban J connectivity index is 1.65. The highest BCUT2D eigenvalue weighted by molar-refractivity contribution is 6.03. The summed E-state index contributed by atoms with van der Waals surface area (Å²) in [7, 11) is 0. The van der Waals surface area contributed by atoms with E-state index in [0.29, 0.717) is 82.9 Å². The summed E-state index contributed by atoms with van der Waals surface area (Å²) in [5, 5.41) is 27.6. The summed E-state index contributed by atoms with van der Waals surface area (Å²) in [6.45, 7) is 15.3. The molecule has 1 saturated carbocycles. The fourth-order valence-corrected chi connectivity index (χ4v) is 9.18. The van der Waals surface area contributed by atoms with Crippen LogP contribution >= 0.6 is 0 Å². The van der Waals surface area contributed by atoms with Crippen molar-refractivity contribution in [1.29, 1.82) is 0 Å². The zero-order chi connectivity index (χ0) is 39.2. The highest BCUT2D eigenvalue weighted by atomic mass is 16.7. The van der Waals surface area contributed by atoms with Gasteiger partial charge in [-0.15, -0.1) is 6.58 Å². The first-order valence-electron chi connectivity index (χ1n) is 20.6. The van der Waals surface area contributed by atoms with Crippen LogP contribution in [0.4, 0.5) is 4.79 Å². The molecule has 4 aliphatic rings. The molecular weight excluding hydrogens is 700 g/mol. The number of aliphatic hydroxyl groups excluding tert-OH is 2. The first-order chi connectivity index (χ1) is 26.9. The molecule has 12 nitrogen and oxygen atoms in total. The molecule has 0 radical (unpaired) electrons. The van der Waals surface area contributed by atoms with E-state index in [9.17, 15) is 19.8 Å².